The average molecular weight is 484 g/mol. The van der Waals surface area contributed by atoms with Gasteiger partial charge in [-0.15, -0.1) is 0 Å². The molecular formula is C31H34NO2P. The number of rotatable bonds is 8. The van der Waals surface area contributed by atoms with Crippen LogP contribution in [0.3, 0.4) is 0 Å². The molecule has 0 spiro atoms. The molecule has 0 aliphatic rings. The second kappa shape index (κ2) is 10.6. The van der Waals surface area contributed by atoms with Crippen molar-refractivity contribution >= 4 is 17.9 Å². The fraction of sp³-hybridized carbons (Fsp3) is 0.226. The van der Waals surface area contributed by atoms with Crippen LogP contribution in [0.15, 0.2) is 115 Å². The summed E-state index contributed by atoms with van der Waals surface area (Å²) in [6.45, 7) is 8.32. The third kappa shape index (κ3) is 6.11. The second-order valence-corrected chi connectivity index (χ2v) is 12.4. The summed E-state index contributed by atoms with van der Waals surface area (Å²) in [5, 5.41) is 5.25. The topological polar surface area (TPSA) is 38.3 Å². The highest BCUT2D eigenvalue weighted by molar-refractivity contribution is 7.76. The molecule has 4 aromatic rings. The molecule has 4 heteroatoms. The van der Waals surface area contributed by atoms with Crippen LogP contribution in [0, 0.1) is 0 Å². The van der Waals surface area contributed by atoms with E-state index in [1.807, 2.05) is 112 Å². The molecule has 0 saturated heterocycles. The van der Waals surface area contributed by atoms with E-state index in [-0.39, 0.29) is 17.6 Å². The highest BCUT2D eigenvalue weighted by Gasteiger charge is 2.33. The van der Waals surface area contributed by atoms with Crippen molar-refractivity contribution in [1.82, 2.24) is 5.09 Å². The lowest BCUT2D eigenvalue weighted by Gasteiger charge is -2.32. The van der Waals surface area contributed by atoms with E-state index >= 15 is 0 Å². The van der Waals surface area contributed by atoms with Gasteiger partial charge in [0.1, 0.15) is 11.4 Å². The molecule has 0 radical (unpaired) electrons. The van der Waals surface area contributed by atoms with Crippen molar-refractivity contribution in [3.8, 4) is 5.75 Å². The number of benzene rings is 4. The molecule has 180 valence electrons. The molecule has 0 saturated carbocycles. The molecule has 2 atom stereocenters. The molecule has 0 aromatic heterocycles. The average Bonchev–Trinajstić information content (AvgIpc) is 2.88. The Kier molecular flexibility index (Phi) is 7.60. The van der Waals surface area contributed by atoms with Gasteiger partial charge in [-0.3, -0.25) is 9.65 Å². The summed E-state index contributed by atoms with van der Waals surface area (Å²) in [6.07, 6.45) is 0. The van der Waals surface area contributed by atoms with Gasteiger partial charge in [-0.2, -0.15) is 0 Å². The van der Waals surface area contributed by atoms with Gasteiger partial charge < -0.3 is 4.74 Å². The zero-order valence-electron chi connectivity index (χ0n) is 20.9. The molecular weight excluding hydrogens is 449 g/mol. The Morgan fingerprint density at radius 2 is 1.11 bits per heavy atom. The van der Waals surface area contributed by atoms with Gasteiger partial charge >= 0.3 is 0 Å². The van der Waals surface area contributed by atoms with Gasteiger partial charge in [-0.1, -0.05) is 85.8 Å². The molecule has 0 bridgehead atoms. The SMILES string of the molecule is CC(c1ccc(OC(C)(C)C)cc1)C(NP(=O)(c1ccccc1)c1ccccc1)c1ccccc1. The third-order valence-corrected chi connectivity index (χ3v) is 8.74. The van der Waals surface area contributed by atoms with Crippen molar-refractivity contribution < 1.29 is 9.30 Å². The molecule has 0 fully saturated rings. The summed E-state index contributed by atoms with van der Waals surface area (Å²) < 4.78 is 20.8. The van der Waals surface area contributed by atoms with Crippen molar-refractivity contribution in [1.29, 1.82) is 0 Å². The van der Waals surface area contributed by atoms with Crippen molar-refractivity contribution in [2.24, 2.45) is 0 Å². The van der Waals surface area contributed by atoms with Crippen LogP contribution in [0.4, 0.5) is 0 Å². The van der Waals surface area contributed by atoms with Crippen molar-refractivity contribution in [3.63, 3.8) is 0 Å². The van der Waals surface area contributed by atoms with E-state index in [1.165, 1.54) is 0 Å². The highest BCUT2D eigenvalue weighted by atomic mass is 31.2. The molecule has 0 amide bonds. The Bertz CT molecular complexity index is 1210. The molecule has 1 N–H and O–H groups in total. The van der Waals surface area contributed by atoms with Gasteiger partial charge in [0.15, 0.2) is 0 Å². The van der Waals surface area contributed by atoms with E-state index in [9.17, 15) is 4.57 Å². The molecule has 4 rings (SSSR count). The van der Waals surface area contributed by atoms with E-state index in [4.69, 9.17) is 4.74 Å². The van der Waals surface area contributed by atoms with Crippen molar-refractivity contribution in [3.05, 3.63) is 126 Å². The summed E-state index contributed by atoms with van der Waals surface area (Å²) >= 11 is 0. The maximum absolute atomic E-state index is 14.8. The van der Waals surface area contributed by atoms with Crippen molar-refractivity contribution in [2.45, 2.75) is 45.3 Å². The van der Waals surface area contributed by atoms with E-state index in [2.05, 4.69) is 36.3 Å². The van der Waals surface area contributed by atoms with E-state index < -0.39 is 7.29 Å². The largest absolute Gasteiger partial charge is 0.488 e. The Morgan fingerprint density at radius 3 is 1.57 bits per heavy atom. The van der Waals surface area contributed by atoms with Crippen LogP contribution in [0.2, 0.25) is 0 Å². The Morgan fingerprint density at radius 1 is 0.657 bits per heavy atom. The van der Waals surface area contributed by atoms with Crippen LogP contribution in [0.1, 0.15) is 50.8 Å². The molecule has 2 unspecified atom stereocenters. The summed E-state index contributed by atoms with van der Waals surface area (Å²) in [7, 11) is -3.13. The second-order valence-electron chi connectivity index (χ2n) is 9.87. The van der Waals surface area contributed by atoms with Gasteiger partial charge in [-0.05, 0) is 68.3 Å². The van der Waals surface area contributed by atoms with Gasteiger partial charge in [0.05, 0.1) is 0 Å². The fourth-order valence-corrected chi connectivity index (χ4v) is 6.84. The molecule has 0 aliphatic carbocycles. The zero-order valence-corrected chi connectivity index (χ0v) is 21.8. The lowest BCUT2D eigenvalue weighted by atomic mass is 9.89. The van der Waals surface area contributed by atoms with Gasteiger partial charge in [-0.25, -0.2) is 0 Å². The molecule has 3 nitrogen and oxygen atoms in total. The first-order chi connectivity index (χ1) is 16.8. The van der Waals surface area contributed by atoms with Crippen molar-refractivity contribution in [2.75, 3.05) is 0 Å². The van der Waals surface area contributed by atoms with Crippen LogP contribution >= 0.6 is 7.29 Å². The Balaban J connectivity index is 1.74. The quantitative estimate of drug-likeness (QED) is 0.269. The molecule has 35 heavy (non-hydrogen) atoms. The summed E-state index contributed by atoms with van der Waals surface area (Å²) in [5.41, 5.74) is 2.00. The lowest BCUT2D eigenvalue weighted by Crippen LogP contribution is -2.33. The normalized spacial score (nSPS) is 13.7. The minimum Gasteiger partial charge on any atom is -0.488 e. The lowest BCUT2D eigenvalue weighted by molar-refractivity contribution is 0.131. The first kappa shape index (κ1) is 25.0. The van der Waals surface area contributed by atoms with Crippen LogP contribution in [-0.4, -0.2) is 5.60 Å². The van der Waals surface area contributed by atoms with Gasteiger partial charge in [0.25, 0.3) is 0 Å². The fourth-order valence-electron chi connectivity index (χ4n) is 4.29. The molecule has 0 heterocycles. The third-order valence-electron chi connectivity index (χ3n) is 6.05. The highest BCUT2D eigenvalue weighted by Crippen LogP contribution is 2.45. The van der Waals surface area contributed by atoms with Crippen LogP contribution in [0.5, 0.6) is 5.75 Å². The Labute approximate surface area is 209 Å². The van der Waals surface area contributed by atoms with E-state index in [0.29, 0.717) is 0 Å². The monoisotopic (exact) mass is 483 g/mol. The smallest absolute Gasteiger partial charge is 0.205 e. The Hall–Kier alpha value is -3.13. The van der Waals surface area contributed by atoms with E-state index in [0.717, 1.165) is 27.5 Å². The zero-order chi connectivity index (χ0) is 24.9. The maximum Gasteiger partial charge on any atom is 0.205 e. The first-order valence-corrected chi connectivity index (χ1v) is 13.8. The number of ether oxygens (including phenoxy) is 1. The van der Waals surface area contributed by atoms with Gasteiger partial charge in [0.2, 0.25) is 7.29 Å². The standard InChI is InChI=1S/C31H34NO2P/c1-24(25-20-22-27(23-21-25)34-31(2,3)4)30(26-14-8-5-9-15-26)32-35(33,28-16-10-6-11-17-28)29-18-12-7-13-19-29/h5-24,30H,1-4H3,(H,32,33). The van der Waals surface area contributed by atoms with E-state index in [1.54, 1.807) is 0 Å². The predicted octanol–water partition coefficient (Wildman–Crippen LogP) is 7.23. The molecule has 0 aliphatic heterocycles. The predicted molar refractivity (Wildman–Crippen MR) is 147 cm³/mol. The minimum absolute atomic E-state index is 0.0573. The maximum atomic E-state index is 14.8. The summed E-state index contributed by atoms with van der Waals surface area (Å²) in [5.74, 6) is 0.902. The summed E-state index contributed by atoms with van der Waals surface area (Å²) in [4.78, 5) is 0. The van der Waals surface area contributed by atoms with Crippen LogP contribution in [0.25, 0.3) is 0 Å². The minimum atomic E-state index is -3.13. The number of hydrogen-bond acceptors (Lipinski definition) is 2. The molecule has 4 aromatic carbocycles. The number of nitrogens with one attached hydrogen (secondary N) is 1. The number of hydrogen-bond donors (Lipinski definition) is 1. The van der Waals surface area contributed by atoms with Gasteiger partial charge in [0, 0.05) is 22.6 Å². The summed E-state index contributed by atoms with van der Waals surface area (Å²) in [6, 6.07) is 37.9. The van der Waals surface area contributed by atoms with Crippen LogP contribution < -0.4 is 20.4 Å². The first-order valence-electron chi connectivity index (χ1n) is 12.1. The van der Waals surface area contributed by atoms with Crippen LogP contribution in [-0.2, 0) is 4.57 Å².